The molecule has 1 aliphatic heterocycles. The minimum Gasteiger partial charge on any atom is -0.328 e. The van der Waals surface area contributed by atoms with Gasteiger partial charge in [-0.1, -0.05) is 0 Å². The van der Waals surface area contributed by atoms with Gasteiger partial charge in [0.25, 0.3) is 0 Å². The Morgan fingerprint density at radius 3 is 2.52 bits per heavy atom. The van der Waals surface area contributed by atoms with Gasteiger partial charge in [0.2, 0.25) is 10.0 Å². The largest absolute Gasteiger partial charge is 0.416 e. The molecule has 2 unspecified atom stereocenters. The minimum atomic E-state index is -4.49. The van der Waals surface area contributed by atoms with Crippen LogP contribution >= 0.6 is 0 Å². The molecule has 0 saturated carbocycles. The lowest BCUT2D eigenvalue weighted by Gasteiger charge is -2.34. The van der Waals surface area contributed by atoms with Gasteiger partial charge >= 0.3 is 6.18 Å². The number of benzene rings is 1. The lowest BCUT2D eigenvalue weighted by Crippen LogP contribution is -2.45. The topological polar surface area (TPSA) is 63.4 Å². The number of piperidine rings is 1. The Morgan fingerprint density at radius 1 is 1.35 bits per heavy atom. The van der Waals surface area contributed by atoms with E-state index >= 15 is 0 Å². The molecule has 0 aromatic heterocycles. The monoisotopic (exact) mass is 350 g/mol. The Balaban J connectivity index is 2.33. The molecule has 0 aliphatic carbocycles. The van der Waals surface area contributed by atoms with Gasteiger partial charge in [-0.2, -0.15) is 17.5 Å². The van der Waals surface area contributed by atoms with Crippen LogP contribution in [-0.2, 0) is 16.2 Å². The van der Waals surface area contributed by atoms with Crippen molar-refractivity contribution in [3.05, 3.63) is 29.3 Å². The van der Waals surface area contributed by atoms with Crippen molar-refractivity contribution in [2.45, 2.75) is 43.8 Å². The summed E-state index contributed by atoms with van der Waals surface area (Å²) in [5, 5.41) is 0. The first-order chi connectivity index (χ1) is 10.5. The van der Waals surface area contributed by atoms with Crippen LogP contribution in [0.15, 0.2) is 23.1 Å². The summed E-state index contributed by atoms with van der Waals surface area (Å²) < 4.78 is 65.0. The molecule has 0 bridgehead atoms. The fourth-order valence-electron chi connectivity index (χ4n) is 2.88. The van der Waals surface area contributed by atoms with Crippen molar-refractivity contribution in [2.24, 2.45) is 11.7 Å². The highest BCUT2D eigenvalue weighted by Gasteiger charge is 2.35. The maximum absolute atomic E-state index is 12.7. The van der Waals surface area contributed by atoms with Gasteiger partial charge in [0.1, 0.15) is 0 Å². The van der Waals surface area contributed by atoms with E-state index in [-0.39, 0.29) is 22.4 Å². The molecule has 4 nitrogen and oxygen atoms in total. The first-order valence-electron chi connectivity index (χ1n) is 7.47. The Labute approximate surface area is 134 Å². The second-order valence-corrected chi connectivity index (χ2v) is 8.01. The van der Waals surface area contributed by atoms with E-state index in [0.29, 0.717) is 19.5 Å². The molecule has 1 saturated heterocycles. The lowest BCUT2D eigenvalue weighted by molar-refractivity contribution is -0.137. The Morgan fingerprint density at radius 2 is 2.00 bits per heavy atom. The van der Waals surface area contributed by atoms with Crippen molar-refractivity contribution in [3.8, 4) is 0 Å². The summed E-state index contributed by atoms with van der Waals surface area (Å²) in [6, 6.07) is 2.61. The molecule has 0 amide bonds. The van der Waals surface area contributed by atoms with Crippen LogP contribution in [0.1, 0.15) is 30.9 Å². The number of halogens is 3. The highest BCUT2D eigenvalue weighted by molar-refractivity contribution is 7.89. The van der Waals surface area contributed by atoms with Gasteiger partial charge in [-0.05, 0) is 56.4 Å². The zero-order chi connectivity index (χ0) is 17.4. The van der Waals surface area contributed by atoms with Gasteiger partial charge in [0.15, 0.2) is 0 Å². The number of hydrogen-bond acceptors (Lipinski definition) is 3. The quantitative estimate of drug-likeness (QED) is 0.912. The summed E-state index contributed by atoms with van der Waals surface area (Å²) in [6.07, 6.45) is -2.93. The number of alkyl halides is 3. The Hall–Kier alpha value is -1.12. The van der Waals surface area contributed by atoms with Crippen LogP contribution in [-0.4, -0.2) is 31.9 Å². The molecule has 23 heavy (non-hydrogen) atoms. The maximum Gasteiger partial charge on any atom is 0.416 e. The minimum absolute atomic E-state index is 0.0632. The molecule has 2 atom stereocenters. The van der Waals surface area contributed by atoms with Crippen molar-refractivity contribution in [1.29, 1.82) is 0 Å². The molecule has 1 fully saturated rings. The Kier molecular flexibility index (Phi) is 5.08. The van der Waals surface area contributed by atoms with Gasteiger partial charge in [0.05, 0.1) is 10.5 Å². The van der Waals surface area contributed by atoms with E-state index in [1.807, 2.05) is 6.92 Å². The first-order valence-corrected chi connectivity index (χ1v) is 8.91. The summed E-state index contributed by atoms with van der Waals surface area (Å²) in [5.41, 5.74) is 5.12. The smallest absolute Gasteiger partial charge is 0.328 e. The SMILES string of the molecule is Cc1cc(C(F)(F)F)ccc1S(=O)(=O)N1CCCC(C(C)N)C1. The summed E-state index contributed by atoms with van der Waals surface area (Å²) in [4.78, 5) is -0.0733. The van der Waals surface area contributed by atoms with E-state index in [4.69, 9.17) is 5.73 Å². The van der Waals surface area contributed by atoms with E-state index in [0.717, 1.165) is 24.6 Å². The molecule has 2 rings (SSSR count). The first kappa shape index (κ1) is 18.2. The molecular weight excluding hydrogens is 329 g/mol. The number of nitrogens with two attached hydrogens (primary N) is 1. The van der Waals surface area contributed by atoms with Crippen LogP contribution in [0, 0.1) is 12.8 Å². The number of aryl methyl sites for hydroxylation is 1. The van der Waals surface area contributed by atoms with Gasteiger partial charge in [0, 0.05) is 19.1 Å². The zero-order valence-corrected chi connectivity index (χ0v) is 13.9. The molecule has 1 aliphatic rings. The number of sulfonamides is 1. The fourth-order valence-corrected chi connectivity index (χ4v) is 4.62. The van der Waals surface area contributed by atoms with E-state index in [1.165, 1.54) is 11.2 Å². The fraction of sp³-hybridized carbons (Fsp3) is 0.600. The summed E-state index contributed by atoms with van der Waals surface area (Å²) in [6.45, 7) is 3.89. The predicted molar refractivity (Wildman–Crippen MR) is 81.3 cm³/mol. The van der Waals surface area contributed by atoms with Gasteiger partial charge in [-0.25, -0.2) is 8.42 Å². The summed E-state index contributed by atoms with van der Waals surface area (Å²) in [7, 11) is -3.81. The van der Waals surface area contributed by atoms with Gasteiger partial charge < -0.3 is 5.73 Å². The molecular formula is C15H21F3N2O2S. The summed E-state index contributed by atoms with van der Waals surface area (Å²) in [5.74, 6) is 0.0632. The normalized spacial score (nSPS) is 22.1. The third-order valence-electron chi connectivity index (χ3n) is 4.28. The van der Waals surface area contributed by atoms with Gasteiger partial charge in [-0.15, -0.1) is 0 Å². The second-order valence-electron chi connectivity index (χ2n) is 6.10. The highest BCUT2D eigenvalue weighted by atomic mass is 32.2. The van der Waals surface area contributed by atoms with Crippen LogP contribution in [0.25, 0.3) is 0 Å². The van der Waals surface area contributed by atoms with Crippen molar-refractivity contribution < 1.29 is 21.6 Å². The van der Waals surface area contributed by atoms with E-state index in [9.17, 15) is 21.6 Å². The van der Waals surface area contributed by atoms with Crippen molar-refractivity contribution >= 4 is 10.0 Å². The standard InChI is InChI=1S/C15H21F3N2O2S/c1-10-8-13(15(16,17)18)5-6-14(10)23(21,22)20-7-3-4-12(9-20)11(2)19/h5-6,8,11-12H,3-4,7,9,19H2,1-2H3. The molecule has 130 valence electrons. The third-order valence-corrected chi connectivity index (χ3v) is 6.31. The number of nitrogens with zero attached hydrogens (tertiary/aromatic N) is 1. The average Bonchev–Trinajstić information content (AvgIpc) is 2.46. The lowest BCUT2D eigenvalue weighted by atomic mass is 9.93. The molecule has 1 aromatic rings. The zero-order valence-electron chi connectivity index (χ0n) is 13.1. The predicted octanol–water partition coefficient (Wildman–Crippen LogP) is 2.76. The third kappa shape index (κ3) is 3.87. The van der Waals surface area contributed by atoms with Crippen molar-refractivity contribution in [1.82, 2.24) is 4.31 Å². The van der Waals surface area contributed by atoms with Crippen molar-refractivity contribution in [2.75, 3.05) is 13.1 Å². The number of hydrogen-bond donors (Lipinski definition) is 1. The molecule has 1 heterocycles. The van der Waals surface area contributed by atoms with E-state index < -0.39 is 21.8 Å². The number of rotatable bonds is 3. The molecule has 0 spiro atoms. The molecule has 0 radical (unpaired) electrons. The highest BCUT2D eigenvalue weighted by Crippen LogP contribution is 2.33. The second kappa shape index (κ2) is 6.41. The Bertz CT molecular complexity index is 672. The van der Waals surface area contributed by atoms with Crippen LogP contribution in [0.2, 0.25) is 0 Å². The maximum atomic E-state index is 12.7. The van der Waals surface area contributed by atoms with Gasteiger partial charge in [-0.3, -0.25) is 0 Å². The summed E-state index contributed by atoms with van der Waals surface area (Å²) >= 11 is 0. The molecule has 2 N–H and O–H groups in total. The van der Waals surface area contributed by atoms with Crippen LogP contribution < -0.4 is 5.73 Å². The van der Waals surface area contributed by atoms with Crippen LogP contribution in [0.4, 0.5) is 13.2 Å². The molecule has 1 aromatic carbocycles. The molecule has 8 heteroatoms. The van der Waals surface area contributed by atoms with Crippen molar-refractivity contribution in [3.63, 3.8) is 0 Å². The van der Waals surface area contributed by atoms with E-state index in [2.05, 4.69) is 0 Å². The van der Waals surface area contributed by atoms with Crippen LogP contribution in [0.5, 0.6) is 0 Å². The average molecular weight is 350 g/mol. The van der Waals surface area contributed by atoms with E-state index in [1.54, 1.807) is 0 Å². The van der Waals surface area contributed by atoms with Crippen LogP contribution in [0.3, 0.4) is 0 Å².